The van der Waals surface area contributed by atoms with E-state index in [2.05, 4.69) is 11.1 Å². The number of benzene rings is 2. The molecule has 1 heterocycles. The summed E-state index contributed by atoms with van der Waals surface area (Å²) in [6, 6.07) is 11.4. The van der Waals surface area contributed by atoms with Crippen molar-refractivity contribution in [2.45, 2.75) is 30.6 Å². The van der Waals surface area contributed by atoms with Crippen molar-refractivity contribution in [1.29, 1.82) is 5.26 Å². The summed E-state index contributed by atoms with van der Waals surface area (Å²) >= 11 is 0. The molecule has 0 spiro atoms. The highest BCUT2D eigenvalue weighted by atomic mass is 32.2. The Morgan fingerprint density at radius 1 is 1.20 bits per heavy atom. The molecule has 5 heteroatoms. The van der Waals surface area contributed by atoms with Gasteiger partial charge in [-0.05, 0) is 60.6 Å². The highest BCUT2D eigenvalue weighted by molar-refractivity contribution is 7.90. The summed E-state index contributed by atoms with van der Waals surface area (Å²) in [5.41, 5.74) is 5.36. The van der Waals surface area contributed by atoms with Gasteiger partial charge < -0.3 is 4.98 Å². The lowest BCUT2D eigenvalue weighted by Gasteiger charge is -2.11. The minimum absolute atomic E-state index is 0.332. The van der Waals surface area contributed by atoms with Crippen LogP contribution in [0.5, 0.6) is 0 Å². The second-order valence-electron chi connectivity index (χ2n) is 6.79. The van der Waals surface area contributed by atoms with Gasteiger partial charge in [0.25, 0.3) is 0 Å². The minimum Gasteiger partial charge on any atom is -0.361 e. The van der Waals surface area contributed by atoms with Crippen LogP contribution in [-0.2, 0) is 9.84 Å². The number of hydrogen-bond acceptors (Lipinski definition) is 3. The van der Waals surface area contributed by atoms with Gasteiger partial charge in [0.1, 0.15) is 0 Å². The van der Waals surface area contributed by atoms with Crippen molar-refractivity contribution in [3.05, 3.63) is 53.2 Å². The molecule has 0 amide bonds. The van der Waals surface area contributed by atoms with E-state index < -0.39 is 9.84 Å². The first-order valence-electron chi connectivity index (χ1n) is 8.25. The van der Waals surface area contributed by atoms with Crippen molar-refractivity contribution in [2.24, 2.45) is 0 Å². The maximum Gasteiger partial charge on any atom is 0.175 e. The Morgan fingerprint density at radius 3 is 2.56 bits per heavy atom. The second-order valence-corrected chi connectivity index (χ2v) is 8.78. The van der Waals surface area contributed by atoms with Crippen LogP contribution in [0.15, 0.2) is 41.4 Å². The van der Waals surface area contributed by atoms with Crippen LogP contribution in [0.4, 0.5) is 0 Å². The van der Waals surface area contributed by atoms with E-state index in [1.165, 1.54) is 24.7 Å². The largest absolute Gasteiger partial charge is 0.361 e. The summed E-state index contributed by atoms with van der Waals surface area (Å²) in [6.45, 7) is 1.80. The number of aryl methyl sites for hydroxylation is 1. The van der Waals surface area contributed by atoms with E-state index in [0.717, 1.165) is 22.0 Å². The van der Waals surface area contributed by atoms with Gasteiger partial charge in [-0.25, -0.2) is 8.42 Å². The monoisotopic (exact) mass is 350 g/mol. The fourth-order valence-corrected chi connectivity index (χ4v) is 4.54. The normalized spacial score (nSPS) is 14.6. The lowest BCUT2D eigenvalue weighted by molar-refractivity contribution is 0.601. The molecule has 0 atom stereocenters. The molecule has 2 aromatic carbocycles. The molecule has 126 valence electrons. The Morgan fingerprint density at radius 2 is 1.96 bits per heavy atom. The van der Waals surface area contributed by atoms with Crippen LogP contribution in [0, 0.1) is 18.3 Å². The van der Waals surface area contributed by atoms with Crippen LogP contribution >= 0.6 is 0 Å². The van der Waals surface area contributed by atoms with Gasteiger partial charge in [-0.1, -0.05) is 12.1 Å². The minimum atomic E-state index is -3.26. The van der Waals surface area contributed by atoms with Gasteiger partial charge in [-0.3, -0.25) is 0 Å². The quantitative estimate of drug-likeness (QED) is 0.765. The van der Waals surface area contributed by atoms with E-state index in [-0.39, 0.29) is 0 Å². The topological polar surface area (TPSA) is 73.7 Å². The van der Waals surface area contributed by atoms with Crippen molar-refractivity contribution in [1.82, 2.24) is 4.98 Å². The van der Waals surface area contributed by atoms with Crippen LogP contribution in [0.3, 0.4) is 0 Å². The Kier molecular flexibility index (Phi) is 3.48. The lowest BCUT2D eigenvalue weighted by atomic mass is 9.92. The first kappa shape index (κ1) is 15.9. The van der Waals surface area contributed by atoms with Crippen molar-refractivity contribution in [2.75, 3.05) is 6.26 Å². The number of rotatable bonds is 3. The number of H-pyrrole nitrogens is 1. The maximum absolute atomic E-state index is 11.9. The Hall–Kier alpha value is -2.58. The summed E-state index contributed by atoms with van der Waals surface area (Å²) in [6.07, 6.45) is 5.61. The van der Waals surface area contributed by atoms with E-state index in [9.17, 15) is 13.7 Å². The highest BCUT2D eigenvalue weighted by Crippen LogP contribution is 2.46. The predicted octanol–water partition coefficient (Wildman–Crippen LogP) is 4.30. The number of nitrogens with zero attached hydrogens (tertiary/aromatic N) is 1. The standard InChI is InChI=1S/C20H18N2O2S/c1-12-9-14(6-8-18(12)25(2,23)24)19-15(10-21)5-7-17-20(19)16(11-22-17)13-3-4-13/h5-9,11,13,22H,3-4H2,1-2H3. The van der Waals surface area contributed by atoms with E-state index >= 15 is 0 Å². The van der Waals surface area contributed by atoms with E-state index in [1.807, 2.05) is 30.5 Å². The van der Waals surface area contributed by atoms with Gasteiger partial charge in [-0.15, -0.1) is 0 Å². The zero-order valence-electron chi connectivity index (χ0n) is 14.1. The first-order valence-corrected chi connectivity index (χ1v) is 10.1. The molecular weight excluding hydrogens is 332 g/mol. The molecule has 1 fully saturated rings. The Bertz CT molecular complexity index is 1150. The summed E-state index contributed by atoms with van der Waals surface area (Å²) in [4.78, 5) is 3.65. The molecular formula is C20H18N2O2S. The molecule has 3 aromatic rings. The molecule has 1 aliphatic carbocycles. The molecule has 0 radical (unpaired) electrons. The third kappa shape index (κ3) is 2.63. The third-order valence-electron chi connectivity index (χ3n) is 4.88. The number of hydrogen-bond donors (Lipinski definition) is 1. The summed E-state index contributed by atoms with van der Waals surface area (Å²) in [5.74, 6) is 0.554. The van der Waals surface area contributed by atoms with Gasteiger partial charge >= 0.3 is 0 Å². The number of aromatic nitrogens is 1. The number of nitriles is 1. The van der Waals surface area contributed by atoms with Gasteiger partial charge in [0.05, 0.1) is 16.5 Å². The van der Waals surface area contributed by atoms with Crippen molar-refractivity contribution in [3.8, 4) is 17.2 Å². The number of nitrogens with one attached hydrogen (secondary N) is 1. The average molecular weight is 350 g/mol. The molecule has 1 saturated carbocycles. The van der Waals surface area contributed by atoms with Crippen molar-refractivity contribution >= 4 is 20.7 Å². The molecule has 0 saturated heterocycles. The lowest BCUT2D eigenvalue weighted by Crippen LogP contribution is -2.00. The smallest absolute Gasteiger partial charge is 0.175 e. The molecule has 4 rings (SSSR count). The zero-order chi connectivity index (χ0) is 17.8. The van der Waals surface area contributed by atoms with Crippen LogP contribution in [0.1, 0.15) is 35.4 Å². The Balaban J connectivity index is 2.02. The molecule has 1 N–H and O–H groups in total. The molecule has 0 bridgehead atoms. The van der Waals surface area contributed by atoms with E-state index in [0.29, 0.717) is 21.9 Å². The molecule has 4 nitrogen and oxygen atoms in total. The van der Waals surface area contributed by atoms with E-state index in [4.69, 9.17) is 0 Å². The first-order chi connectivity index (χ1) is 11.9. The van der Waals surface area contributed by atoms with E-state index in [1.54, 1.807) is 13.0 Å². The number of aromatic amines is 1. The van der Waals surface area contributed by atoms with Gasteiger partial charge in [0, 0.05) is 28.9 Å². The van der Waals surface area contributed by atoms with Gasteiger partial charge in [0.15, 0.2) is 9.84 Å². The van der Waals surface area contributed by atoms with Gasteiger partial charge in [-0.2, -0.15) is 5.26 Å². The average Bonchev–Trinajstić information content (AvgIpc) is 3.31. The van der Waals surface area contributed by atoms with Crippen LogP contribution in [-0.4, -0.2) is 19.7 Å². The molecule has 1 aromatic heterocycles. The van der Waals surface area contributed by atoms with Crippen LogP contribution < -0.4 is 0 Å². The van der Waals surface area contributed by atoms with Gasteiger partial charge in [0.2, 0.25) is 0 Å². The second kappa shape index (κ2) is 5.47. The molecule has 25 heavy (non-hydrogen) atoms. The van der Waals surface area contributed by atoms with Crippen LogP contribution in [0.25, 0.3) is 22.0 Å². The van der Waals surface area contributed by atoms with Crippen LogP contribution in [0.2, 0.25) is 0 Å². The predicted molar refractivity (Wildman–Crippen MR) is 98.3 cm³/mol. The number of sulfone groups is 1. The summed E-state index contributed by atoms with van der Waals surface area (Å²) in [7, 11) is -3.26. The molecule has 0 aliphatic heterocycles. The third-order valence-corrected chi connectivity index (χ3v) is 6.13. The van der Waals surface area contributed by atoms with Crippen molar-refractivity contribution < 1.29 is 8.42 Å². The summed E-state index contributed by atoms with van der Waals surface area (Å²) < 4.78 is 23.8. The maximum atomic E-state index is 11.9. The molecule has 0 unspecified atom stereocenters. The number of fused-ring (bicyclic) bond motifs is 1. The van der Waals surface area contributed by atoms with Crippen molar-refractivity contribution in [3.63, 3.8) is 0 Å². The molecule has 1 aliphatic rings. The fourth-order valence-electron chi connectivity index (χ4n) is 3.58. The zero-order valence-corrected chi connectivity index (χ0v) is 14.9. The SMILES string of the molecule is Cc1cc(-c2c(C#N)ccc3[nH]cc(C4CC4)c23)ccc1S(C)(=O)=O. The fraction of sp³-hybridized carbons (Fsp3) is 0.250. The Labute approximate surface area is 147 Å². The highest BCUT2D eigenvalue weighted by Gasteiger charge is 2.28. The summed E-state index contributed by atoms with van der Waals surface area (Å²) in [5, 5.41) is 10.7.